The van der Waals surface area contributed by atoms with Crippen molar-refractivity contribution < 1.29 is 80.5 Å². The smallest absolute Gasteiger partial charge is 0.458 e. The van der Waals surface area contributed by atoms with Gasteiger partial charge in [-0.25, -0.2) is 0 Å². The Hall–Kier alpha value is -2.04. The zero-order chi connectivity index (χ0) is 26.9. The van der Waals surface area contributed by atoms with Crippen LogP contribution in [0.25, 0.3) is 0 Å². The van der Waals surface area contributed by atoms with Crippen molar-refractivity contribution in [1.29, 1.82) is 0 Å². The van der Waals surface area contributed by atoms with Crippen molar-refractivity contribution in [3.63, 3.8) is 0 Å². The molecule has 0 aliphatic carbocycles. The molecule has 0 aromatic heterocycles. The average molecular weight is 524 g/mol. The summed E-state index contributed by atoms with van der Waals surface area (Å²) in [6.45, 7) is -4.26. The number of carbonyl (C=O) groups excluding carboxylic acids is 2. The van der Waals surface area contributed by atoms with Crippen LogP contribution in [0.2, 0.25) is 0 Å². The molecule has 0 amide bonds. The fourth-order valence-corrected chi connectivity index (χ4v) is 2.10. The van der Waals surface area contributed by atoms with E-state index < -0.39 is 79.5 Å². The van der Waals surface area contributed by atoms with E-state index in [9.17, 15) is 71.1 Å². The lowest BCUT2D eigenvalue weighted by atomic mass is 9.82. The van der Waals surface area contributed by atoms with E-state index in [1.807, 2.05) is 0 Å². The van der Waals surface area contributed by atoms with Gasteiger partial charge in [0, 0.05) is 0 Å². The molecule has 4 nitrogen and oxygen atoms in total. The van der Waals surface area contributed by atoms with Gasteiger partial charge in [-0.1, -0.05) is 13.8 Å². The van der Waals surface area contributed by atoms with E-state index in [-0.39, 0.29) is 0 Å². The summed E-state index contributed by atoms with van der Waals surface area (Å²) >= 11 is 0. The van der Waals surface area contributed by atoms with Crippen molar-refractivity contribution in [3.05, 3.63) is 0 Å². The highest BCUT2D eigenvalue weighted by atomic mass is 19.4. The van der Waals surface area contributed by atoms with Gasteiger partial charge in [0.25, 0.3) is 0 Å². The third-order valence-electron chi connectivity index (χ3n) is 4.39. The zero-order valence-electron chi connectivity index (χ0n) is 16.3. The molecule has 0 radical (unpaired) electrons. The SMILES string of the molecule is CCC(CC)(C(=O)OCC(F)(F)C(F)(F)C(F)(F)F)C(=O)OCC(F)(F)C(F)(F)C(F)(F)F. The summed E-state index contributed by atoms with van der Waals surface area (Å²) in [5.41, 5.74) is -2.99. The van der Waals surface area contributed by atoms with Gasteiger partial charge in [0.2, 0.25) is 0 Å². The molecule has 0 aliphatic heterocycles. The summed E-state index contributed by atoms with van der Waals surface area (Å²) < 4.78 is 184. The number of ether oxygens (including phenoxy) is 2. The minimum atomic E-state index is -6.80. The fraction of sp³-hybridized carbons (Fsp3) is 0.867. The van der Waals surface area contributed by atoms with Crippen LogP contribution < -0.4 is 0 Å². The molecule has 0 heterocycles. The molecule has 0 rings (SSSR count). The van der Waals surface area contributed by atoms with E-state index in [4.69, 9.17) is 0 Å². The van der Waals surface area contributed by atoms with Crippen LogP contribution >= 0.6 is 0 Å². The van der Waals surface area contributed by atoms with E-state index in [0.717, 1.165) is 13.8 Å². The summed E-state index contributed by atoms with van der Waals surface area (Å²) in [4.78, 5) is 23.9. The van der Waals surface area contributed by atoms with Crippen molar-refractivity contribution in [2.24, 2.45) is 5.41 Å². The Labute approximate surface area is 175 Å². The maximum atomic E-state index is 13.2. The Morgan fingerprint density at radius 2 is 0.788 bits per heavy atom. The number of hydrogen-bond acceptors (Lipinski definition) is 4. The van der Waals surface area contributed by atoms with Crippen molar-refractivity contribution in [2.45, 2.75) is 62.7 Å². The summed E-state index contributed by atoms with van der Waals surface area (Å²) in [5.74, 6) is -30.2. The lowest BCUT2D eigenvalue weighted by molar-refractivity contribution is -0.360. The molecule has 0 atom stereocenters. The number of carbonyl (C=O) groups is 2. The predicted molar refractivity (Wildman–Crippen MR) is 76.8 cm³/mol. The number of esters is 2. The second kappa shape index (κ2) is 9.31. The largest absolute Gasteiger partial charge is 0.460 e. The van der Waals surface area contributed by atoms with Gasteiger partial charge in [0.05, 0.1) is 0 Å². The van der Waals surface area contributed by atoms with Crippen molar-refractivity contribution in [3.8, 4) is 0 Å². The van der Waals surface area contributed by atoms with Gasteiger partial charge in [-0.2, -0.15) is 61.5 Å². The fourth-order valence-electron chi connectivity index (χ4n) is 2.10. The number of halogens is 14. The quantitative estimate of drug-likeness (QED) is 0.214. The molecule has 18 heteroatoms. The van der Waals surface area contributed by atoms with Gasteiger partial charge in [-0.15, -0.1) is 0 Å². The molecular weight excluding hydrogens is 510 g/mol. The van der Waals surface area contributed by atoms with E-state index in [0.29, 0.717) is 0 Å². The maximum Gasteiger partial charge on any atom is 0.460 e. The second-order valence-corrected chi connectivity index (χ2v) is 6.49. The van der Waals surface area contributed by atoms with Crippen LogP contribution in [-0.2, 0) is 19.1 Å². The lowest BCUT2D eigenvalue weighted by Crippen LogP contribution is -2.56. The summed E-state index contributed by atoms with van der Waals surface area (Å²) in [7, 11) is 0. The first-order chi connectivity index (χ1) is 14.4. The topological polar surface area (TPSA) is 52.6 Å². The molecule has 0 N–H and O–H groups in total. The van der Waals surface area contributed by atoms with E-state index >= 15 is 0 Å². The molecule has 0 saturated heterocycles. The van der Waals surface area contributed by atoms with E-state index in [1.54, 1.807) is 0 Å². The Morgan fingerprint density at radius 1 is 0.545 bits per heavy atom. The highest BCUT2D eigenvalue weighted by Gasteiger charge is 2.74. The molecule has 0 bridgehead atoms. The van der Waals surface area contributed by atoms with Crippen LogP contribution in [0.1, 0.15) is 26.7 Å². The van der Waals surface area contributed by atoms with Crippen LogP contribution in [0.5, 0.6) is 0 Å². The van der Waals surface area contributed by atoms with Crippen LogP contribution in [0.3, 0.4) is 0 Å². The Morgan fingerprint density at radius 3 is 0.970 bits per heavy atom. The van der Waals surface area contributed by atoms with Gasteiger partial charge in [0.1, 0.15) is 0 Å². The van der Waals surface area contributed by atoms with E-state index in [1.165, 1.54) is 0 Å². The van der Waals surface area contributed by atoms with Crippen molar-refractivity contribution >= 4 is 11.9 Å². The third-order valence-corrected chi connectivity index (χ3v) is 4.39. The minimum absolute atomic E-state index is 0.830. The van der Waals surface area contributed by atoms with Gasteiger partial charge < -0.3 is 9.47 Å². The Kier molecular flexibility index (Phi) is 8.73. The maximum absolute atomic E-state index is 13.2. The molecule has 0 fully saturated rings. The first-order valence-corrected chi connectivity index (χ1v) is 8.37. The zero-order valence-corrected chi connectivity index (χ0v) is 16.3. The van der Waals surface area contributed by atoms with E-state index in [2.05, 4.69) is 9.47 Å². The molecule has 0 aromatic carbocycles. The molecule has 196 valence electrons. The van der Waals surface area contributed by atoms with Crippen molar-refractivity contribution in [2.75, 3.05) is 13.2 Å². The monoisotopic (exact) mass is 524 g/mol. The first-order valence-electron chi connectivity index (χ1n) is 8.37. The Bertz CT molecular complexity index is 650. The minimum Gasteiger partial charge on any atom is -0.458 e. The Balaban J connectivity index is 5.66. The highest BCUT2D eigenvalue weighted by molar-refractivity contribution is 6.00. The van der Waals surface area contributed by atoms with Gasteiger partial charge in [-0.3, -0.25) is 9.59 Å². The van der Waals surface area contributed by atoms with Crippen LogP contribution in [0.4, 0.5) is 61.5 Å². The number of alkyl halides is 14. The molecule has 0 unspecified atom stereocenters. The summed E-state index contributed by atoms with van der Waals surface area (Å²) in [6.07, 6.45) is -15.5. The molecule has 0 saturated carbocycles. The second-order valence-electron chi connectivity index (χ2n) is 6.49. The predicted octanol–water partition coefficient (Wildman–Crippen LogP) is 5.55. The standard InChI is InChI=1S/C15H14F14O4/c1-3-9(4-2,7(30)32-5-10(16,17)12(20,21)14(24,25)26)8(31)33-6-11(18,19)13(22,23)15(27,28)29/h3-6H2,1-2H3. The summed E-state index contributed by atoms with van der Waals surface area (Å²) in [5, 5.41) is 0. The van der Waals surface area contributed by atoms with Crippen LogP contribution in [-0.4, -0.2) is 61.2 Å². The normalized spacial score (nSPS) is 14.8. The lowest BCUT2D eigenvalue weighted by Gasteiger charge is -2.32. The van der Waals surface area contributed by atoms with Crippen LogP contribution in [0.15, 0.2) is 0 Å². The highest BCUT2D eigenvalue weighted by Crippen LogP contribution is 2.48. The molecular formula is C15H14F14O4. The number of hydrogen-bond donors (Lipinski definition) is 0. The molecule has 0 spiro atoms. The molecule has 33 heavy (non-hydrogen) atoms. The van der Waals surface area contributed by atoms with Gasteiger partial charge >= 0.3 is 48.0 Å². The van der Waals surface area contributed by atoms with Gasteiger partial charge in [-0.05, 0) is 12.8 Å². The summed E-state index contributed by atoms with van der Waals surface area (Å²) in [6, 6.07) is 0. The first kappa shape index (κ1) is 31.0. The number of rotatable bonds is 10. The molecule has 0 aliphatic rings. The molecule has 0 aromatic rings. The van der Waals surface area contributed by atoms with Crippen molar-refractivity contribution in [1.82, 2.24) is 0 Å². The van der Waals surface area contributed by atoms with Gasteiger partial charge in [0.15, 0.2) is 18.6 Å². The third kappa shape index (κ3) is 5.73. The van der Waals surface area contributed by atoms with Crippen LogP contribution in [0, 0.1) is 5.41 Å². The average Bonchev–Trinajstić information content (AvgIpc) is 2.64.